The number of carbonyl (C=O) groups is 2. The van der Waals surface area contributed by atoms with Gasteiger partial charge in [0.25, 0.3) is 10.0 Å². The maximum atomic E-state index is 13.8. The van der Waals surface area contributed by atoms with E-state index in [0.29, 0.717) is 29.8 Å². The van der Waals surface area contributed by atoms with Crippen molar-refractivity contribution >= 4 is 39.0 Å². The molecule has 1 aromatic heterocycles. The maximum absolute atomic E-state index is 13.8. The summed E-state index contributed by atoms with van der Waals surface area (Å²) in [6.45, 7) is 4.42. The van der Waals surface area contributed by atoms with Crippen LogP contribution >= 0.6 is 0 Å². The molecule has 9 nitrogen and oxygen atoms in total. The van der Waals surface area contributed by atoms with E-state index in [2.05, 4.69) is 11.6 Å². The van der Waals surface area contributed by atoms with Gasteiger partial charge < -0.3 is 15.1 Å². The summed E-state index contributed by atoms with van der Waals surface area (Å²) in [6, 6.07) is 11.3. The van der Waals surface area contributed by atoms with Crippen LogP contribution in [0.15, 0.2) is 86.8 Å². The highest BCUT2D eigenvalue weighted by molar-refractivity contribution is 7.90. The first-order chi connectivity index (χ1) is 16.7. The summed E-state index contributed by atoms with van der Waals surface area (Å²) in [7, 11) is -4.42. The topological polar surface area (TPSA) is 135 Å². The van der Waals surface area contributed by atoms with Crippen molar-refractivity contribution in [3.63, 3.8) is 0 Å². The number of nitrogens with zero attached hydrogens (tertiary/aromatic N) is 2. The number of fused-ring (bicyclic) bond motifs is 1. The number of rotatable bonds is 7. The smallest absolute Gasteiger partial charge is 0.300 e. The van der Waals surface area contributed by atoms with Crippen LogP contribution in [0.25, 0.3) is 11.0 Å². The first-order valence-electron chi connectivity index (χ1n) is 10.4. The van der Waals surface area contributed by atoms with Gasteiger partial charge in [-0.3, -0.25) is 14.6 Å². The number of nitrogens with two attached hydrogens (primary N) is 1. The second-order valence-electron chi connectivity index (χ2n) is 7.77. The third kappa shape index (κ3) is 5.14. The van der Waals surface area contributed by atoms with Crippen LogP contribution in [0.3, 0.4) is 0 Å². The molecular weight excluding hydrogens is 475 g/mol. The monoisotopic (exact) mass is 496 g/mol. The lowest BCUT2D eigenvalue weighted by molar-refractivity contribution is -0.124. The number of hydrogen-bond donors (Lipinski definition) is 2. The van der Waals surface area contributed by atoms with Gasteiger partial charge in [0.15, 0.2) is 5.76 Å². The van der Waals surface area contributed by atoms with E-state index in [0.717, 1.165) is 23.3 Å². The summed E-state index contributed by atoms with van der Waals surface area (Å²) >= 11 is 0. The molecular formula is C24H21FN4O5S. The third-order valence-electron chi connectivity index (χ3n) is 5.30. The number of aliphatic imine (C=N–C) groups is 1. The fourth-order valence-electron chi connectivity index (χ4n) is 3.52. The Balaban J connectivity index is 1.45. The molecule has 1 aliphatic heterocycles. The molecule has 3 aromatic rings. The molecule has 0 saturated carbocycles. The predicted molar refractivity (Wildman–Crippen MR) is 127 cm³/mol. The Kier molecular flexibility index (Phi) is 6.52. The first kappa shape index (κ1) is 23.9. The third-order valence-corrected chi connectivity index (χ3v) is 6.67. The van der Waals surface area contributed by atoms with Crippen molar-refractivity contribution in [1.29, 1.82) is 0 Å². The van der Waals surface area contributed by atoms with E-state index in [9.17, 15) is 22.4 Å². The minimum Gasteiger partial charge on any atom is -0.451 e. The van der Waals surface area contributed by atoms with E-state index in [4.69, 9.17) is 10.2 Å². The van der Waals surface area contributed by atoms with Crippen molar-refractivity contribution < 1.29 is 26.8 Å². The summed E-state index contributed by atoms with van der Waals surface area (Å²) in [5, 5.41) is 0.576. The number of amides is 2. The highest BCUT2D eigenvalue weighted by atomic mass is 32.2. The Bertz CT molecular complexity index is 1510. The number of hydrogen-bond acceptors (Lipinski definition) is 7. The average molecular weight is 497 g/mol. The Morgan fingerprint density at radius 2 is 1.97 bits per heavy atom. The van der Waals surface area contributed by atoms with Gasteiger partial charge in [0.05, 0.1) is 13.1 Å². The second-order valence-corrected chi connectivity index (χ2v) is 9.42. The zero-order valence-electron chi connectivity index (χ0n) is 18.4. The fourth-order valence-corrected chi connectivity index (χ4v) is 4.55. The molecule has 3 N–H and O–H groups in total. The molecule has 0 unspecified atom stereocenters. The van der Waals surface area contributed by atoms with Gasteiger partial charge in [-0.25, -0.2) is 17.5 Å². The van der Waals surface area contributed by atoms with Crippen LogP contribution in [0.4, 0.5) is 4.39 Å². The van der Waals surface area contributed by atoms with Crippen molar-refractivity contribution in [1.82, 2.24) is 9.62 Å². The Labute approximate surface area is 200 Å². The summed E-state index contributed by atoms with van der Waals surface area (Å²) < 4.78 is 45.9. The zero-order valence-corrected chi connectivity index (χ0v) is 19.2. The number of benzene rings is 2. The standard InChI is InChI=1S/C24H21FN4O5S/c1-2-23(30)29-13-17(19(26)14-29)12-27-11-15-7-8-16-10-21(34-20(16)9-15)24(31)28-35(32,33)22-6-4-3-5-18(22)25/h2-10,12H,1,11,13-14,26H2,(H,28,31). The van der Waals surface area contributed by atoms with E-state index in [1.807, 2.05) is 4.72 Å². The molecule has 0 saturated heterocycles. The molecule has 180 valence electrons. The van der Waals surface area contributed by atoms with Gasteiger partial charge in [-0.1, -0.05) is 30.8 Å². The van der Waals surface area contributed by atoms with Crippen molar-refractivity contribution in [3.8, 4) is 0 Å². The van der Waals surface area contributed by atoms with E-state index in [1.54, 1.807) is 29.3 Å². The summed E-state index contributed by atoms with van der Waals surface area (Å²) in [6.07, 6.45) is 2.85. The van der Waals surface area contributed by atoms with Crippen LogP contribution in [-0.2, 0) is 21.4 Å². The fraction of sp³-hybridized carbons (Fsp3) is 0.125. The minimum atomic E-state index is -4.42. The molecule has 0 fully saturated rings. The van der Waals surface area contributed by atoms with Crippen molar-refractivity contribution in [2.75, 3.05) is 13.1 Å². The molecule has 0 radical (unpaired) electrons. The minimum absolute atomic E-state index is 0.207. The predicted octanol–water partition coefficient (Wildman–Crippen LogP) is 2.50. The van der Waals surface area contributed by atoms with Crippen LogP contribution in [0, 0.1) is 5.82 Å². The number of carbonyl (C=O) groups excluding carboxylic acids is 2. The summed E-state index contributed by atoms with van der Waals surface area (Å²) in [4.78, 5) is 29.5. The summed E-state index contributed by atoms with van der Waals surface area (Å²) in [5.74, 6) is -2.44. The number of nitrogens with one attached hydrogen (secondary N) is 1. The highest BCUT2D eigenvalue weighted by Gasteiger charge is 2.24. The first-order valence-corrected chi connectivity index (χ1v) is 11.9. The van der Waals surface area contributed by atoms with Gasteiger partial charge in [-0.05, 0) is 35.9 Å². The van der Waals surface area contributed by atoms with E-state index in [1.165, 1.54) is 24.3 Å². The van der Waals surface area contributed by atoms with Gasteiger partial charge in [0.1, 0.15) is 16.3 Å². The quantitative estimate of drug-likeness (QED) is 0.381. The van der Waals surface area contributed by atoms with Crippen molar-refractivity contribution in [3.05, 3.63) is 89.6 Å². The number of sulfonamides is 1. The largest absolute Gasteiger partial charge is 0.451 e. The molecule has 0 spiro atoms. The maximum Gasteiger partial charge on any atom is 0.300 e. The molecule has 4 rings (SSSR count). The van der Waals surface area contributed by atoms with Gasteiger partial charge in [-0.2, -0.15) is 0 Å². The second kappa shape index (κ2) is 9.55. The Hall–Kier alpha value is -4.25. The molecule has 2 amide bonds. The molecule has 0 aliphatic carbocycles. The van der Waals surface area contributed by atoms with Crippen LogP contribution < -0.4 is 10.5 Å². The molecule has 1 aliphatic rings. The van der Waals surface area contributed by atoms with Gasteiger partial charge in [0, 0.05) is 29.4 Å². The molecule has 2 heterocycles. The molecule has 11 heteroatoms. The van der Waals surface area contributed by atoms with Gasteiger partial charge in [-0.15, -0.1) is 0 Å². The Morgan fingerprint density at radius 3 is 2.71 bits per heavy atom. The van der Waals surface area contributed by atoms with Crippen molar-refractivity contribution in [2.24, 2.45) is 10.7 Å². The molecule has 2 aromatic carbocycles. The van der Waals surface area contributed by atoms with Crippen LogP contribution in [-0.4, -0.2) is 44.4 Å². The van der Waals surface area contributed by atoms with Crippen LogP contribution in [0.2, 0.25) is 0 Å². The lowest BCUT2D eigenvalue weighted by atomic mass is 10.1. The average Bonchev–Trinajstić information content (AvgIpc) is 3.42. The lowest BCUT2D eigenvalue weighted by Gasteiger charge is -2.12. The normalized spacial score (nSPS) is 14.1. The van der Waals surface area contributed by atoms with Gasteiger partial charge in [0.2, 0.25) is 5.91 Å². The highest BCUT2D eigenvalue weighted by Crippen LogP contribution is 2.22. The SMILES string of the molecule is C=CC(=O)N1CC(N)=C(C=NCc2ccc3cc(C(=O)NS(=O)(=O)c4ccccc4F)oc3c2)C1. The molecule has 0 bridgehead atoms. The molecule has 35 heavy (non-hydrogen) atoms. The molecule has 0 atom stereocenters. The van der Waals surface area contributed by atoms with Crippen molar-refractivity contribution in [2.45, 2.75) is 11.4 Å². The number of furan rings is 1. The summed E-state index contributed by atoms with van der Waals surface area (Å²) in [5.41, 5.74) is 8.41. The van der Waals surface area contributed by atoms with E-state index >= 15 is 0 Å². The van der Waals surface area contributed by atoms with E-state index < -0.39 is 26.6 Å². The van der Waals surface area contributed by atoms with Gasteiger partial charge >= 0.3 is 5.91 Å². The van der Waals surface area contributed by atoms with Crippen LogP contribution in [0.5, 0.6) is 0 Å². The zero-order chi connectivity index (χ0) is 25.2. The van der Waals surface area contributed by atoms with Crippen LogP contribution in [0.1, 0.15) is 16.1 Å². The van der Waals surface area contributed by atoms with E-state index in [-0.39, 0.29) is 18.2 Å². The number of halogens is 1. The Morgan fingerprint density at radius 1 is 1.20 bits per heavy atom. The lowest BCUT2D eigenvalue weighted by Crippen LogP contribution is -2.30.